The van der Waals surface area contributed by atoms with Crippen molar-refractivity contribution in [2.75, 3.05) is 10.5 Å². The van der Waals surface area contributed by atoms with Gasteiger partial charge in [0.2, 0.25) is 0 Å². The van der Waals surface area contributed by atoms with Crippen molar-refractivity contribution in [2.24, 2.45) is 0 Å². The van der Waals surface area contributed by atoms with E-state index in [1.165, 1.54) is 32.0 Å². The highest BCUT2D eigenvalue weighted by Crippen LogP contribution is 2.23. The minimum Gasteiger partial charge on any atom is -0.396 e. The molecule has 2 aromatic carbocycles. The van der Waals surface area contributed by atoms with E-state index in [1.54, 1.807) is 0 Å². The van der Waals surface area contributed by atoms with Gasteiger partial charge in [-0.05, 0) is 55.3 Å². The highest BCUT2D eigenvalue weighted by molar-refractivity contribution is 7.92. The Morgan fingerprint density at radius 3 is 2.29 bits per heavy atom. The molecule has 0 heterocycles. The number of nitrogen functional groups attached to an aromatic ring is 1. The van der Waals surface area contributed by atoms with Crippen molar-refractivity contribution >= 4 is 21.4 Å². The van der Waals surface area contributed by atoms with E-state index in [0.29, 0.717) is 5.56 Å². The molecule has 0 aliphatic carbocycles. The summed E-state index contributed by atoms with van der Waals surface area (Å²) in [7, 11) is -3.92. The lowest BCUT2D eigenvalue weighted by Gasteiger charge is -2.11. The van der Waals surface area contributed by atoms with Crippen LogP contribution in [0.2, 0.25) is 0 Å². The van der Waals surface area contributed by atoms with E-state index < -0.39 is 21.7 Å². The Morgan fingerprint density at radius 2 is 1.71 bits per heavy atom. The van der Waals surface area contributed by atoms with Crippen molar-refractivity contribution in [1.29, 1.82) is 0 Å². The summed E-state index contributed by atoms with van der Waals surface area (Å²) < 4.78 is 53.4. The maximum atomic E-state index is 13.4. The molecule has 0 aliphatic rings. The van der Waals surface area contributed by atoms with Crippen LogP contribution in [-0.4, -0.2) is 8.42 Å². The average molecular weight is 312 g/mol. The zero-order valence-corrected chi connectivity index (χ0v) is 12.3. The van der Waals surface area contributed by atoms with Crippen LogP contribution in [0.25, 0.3) is 0 Å². The summed E-state index contributed by atoms with van der Waals surface area (Å²) in [6.07, 6.45) is 0. The Kier molecular flexibility index (Phi) is 3.87. The molecule has 0 amide bonds. The Labute approximate surface area is 121 Å². The van der Waals surface area contributed by atoms with Gasteiger partial charge >= 0.3 is 0 Å². The molecule has 0 saturated heterocycles. The lowest BCUT2D eigenvalue weighted by Crippen LogP contribution is -2.14. The van der Waals surface area contributed by atoms with E-state index in [4.69, 9.17) is 5.73 Å². The first-order valence-electron chi connectivity index (χ1n) is 6.05. The van der Waals surface area contributed by atoms with Crippen molar-refractivity contribution in [3.05, 3.63) is 53.1 Å². The van der Waals surface area contributed by atoms with E-state index >= 15 is 0 Å². The third-order valence-electron chi connectivity index (χ3n) is 2.98. The van der Waals surface area contributed by atoms with E-state index in [9.17, 15) is 17.2 Å². The molecule has 112 valence electrons. The topological polar surface area (TPSA) is 72.2 Å². The lowest BCUT2D eigenvalue weighted by atomic mass is 10.2. The van der Waals surface area contributed by atoms with Gasteiger partial charge in [-0.25, -0.2) is 17.2 Å². The van der Waals surface area contributed by atoms with Gasteiger partial charge in [-0.1, -0.05) is 0 Å². The summed E-state index contributed by atoms with van der Waals surface area (Å²) in [4.78, 5) is -0.152. The number of sulfonamides is 1. The smallest absolute Gasteiger partial charge is 0.261 e. The highest BCUT2D eigenvalue weighted by atomic mass is 32.2. The number of hydrogen-bond acceptors (Lipinski definition) is 3. The van der Waals surface area contributed by atoms with Crippen LogP contribution in [0.1, 0.15) is 11.1 Å². The molecule has 0 aliphatic heterocycles. The monoisotopic (exact) mass is 312 g/mol. The van der Waals surface area contributed by atoms with Crippen molar-refractivity contribution in [1.82, 2.24) is 0 Å². The number of nitrogens with one attached hydrogen (secondary N) is 1. The van der Waals surface area contributed by atoms with Crippen molar-refractivity contribution in [3.63, 3.8) is 0 Å². The molecule has 21 heavy (non-hydrogen) atoms. The molecule has 0 spiro atoms. The minimum absolute atomic E-state index is 0.130. The van der Waals surface area contributed by atoms with Crippen LogP contribution in [0.3, 0.4) is 0 Å². The van der Waals surface area contributed by atoms with Crippen LogP contribution >= 0.6 is 0 Å². The number of benzene rings is 2. The first kappa shape index (κ1) is 15.2. The van der Waals surface area contributed by atoms with Gasteiger partial charge in [0.15, 0.2) is 0 Å². The minimum atomic E-state index is -3.92. The number of nitrogens with two attached hydrogens (primary N) is 1. The number of aryl methyl sites for hydroxylation is 2. The van der Waals surface area contributed by atoms with Crippen LogP contribution in [0.5, 0.6) is 0 Å². The van der Waals surface area contributed by atoms with Gasteiger partial charge < -0.3 is 5.73 Å². The van der Waals surface area contributed by atoms with Crippen LogP contribution < -0.4 is 10.5 Å². The molecule has 0 saturated carbocycles. The number of anilines is 2. The van der Waals surface area contributed by atoms with Gasteiger partial charge in [-0.3, -0.25) is 4.72 Å². The van der Waals surface area contributed by atoms with Crippen molar-refractivity contribution in [3.8, 4) is 0 Å². The fourth-order valence-electron chi connectivity index (χ4n) is 1.84. The summed E-state index contributed by atoms with van der Waals surface area (Å²) in [6, 6.07) is 6.06. The molecule has 0 bridgehead atoms. The number of hydrogen-bond donors (Lipinski definition) is 2. The molecular formula is C14H14F2N2O2S. The molecule has 0 radical (unpaired) electrons. The normalized spacial score (nSPS) is 11.4. The van der Waals surface area contributed by atoms with Crippen LogP contribution in [0, 0.1) is 25.5 Å². The average Bonchev–Trinajstić information content (AvgIpc) is 2.39. The molecule has 2 aromatic rings. The quantitative estimate of drug-likeness (QED) is 0.856. The van der Waals surface area contributed by atoms with Gasteiger partial charge in [-0.15, -0.1) is 0 Å². The highest BCUT2D eigenvalue weighted by Gasteiger charge is 2.18. The van der Waals surface area contributed by atoms with Gasteiger partial charge in [-0.2, -0.15) is 0 Å². The van der Waals surface area contributed by atoms with Crippen LogP contribution in [-0.2, 0) is 10.0 Å². The third kappa shape index (κ3) is 3.13. The Hall–Kier alpha value is -2.15. The van der Waals surface area contributed by atoms with E-state index in [2.05, 4.69) is 4.72 Å². The molecule has 7 heteroatoms. The fourth-order valence-corrected chi connectivity index (χ4v) is 3.01. The van der Waals surface area contributed by atoms with Crippen LogP contribution in [0.15, 0.2) is 35.2 Å². The van der Waals surface area contributed by atoms with Crippen molar-refractivity contribution < 1.29 is 17.2 Å². The van der Waals surface area contributed by atoms with Gasteiger partial charge in [0.25, 0.3) is 10.0 Å². The molecule has 2 rings (SSSR count). The molecule has 0 unspecified atom stereocenters. The molecule has 0 fully saturated rings. The summed E-state index contributed by atoms with van der Waals surface area (Å²) >= 11 is 0. The first-order valence-corrected chi connectivity index (χ1v) is 7.53. The third-order valence-corrected chi connectivity index (χ3v) is 4.34. The summed E-state index contributed by atoms with van der Waals surface area (Å²) in [5.41, 5.74) is 5.85. The molecule has 4 nitrogen and oxygen atoms in total. The Balaban J connectivity index is 2.40. The van der Waals surface area contributed by atoms with Gasteiger partial charge in [0.05, 0.1) is 10.6 Å². The number of halogens is 2. The van der Waals surface area contributed by atoms with E-state index in [-0.39, 0.29) is 21.8 Å². The van der Waals surface area contributed by atoms with Crippen molar-refractivity contribution in [2.45, 2.75) is 18.7 Å². The van der Waals surface area contributed by atoms with Gasteiger partial charge in [0.1, 0.15) is 11.6 Å². The first-order chi connectivity index (χ1) is 9.70. The predicted molar refractivity (Wildman–Crippen MR) is 77.5 cm³/mol. The standard InChI is InChI=1S/C14H14F2N2O2S/c1-8-5-10(3-4-12(8)15)18-21(19,20)11-6-9(2)14(16)13(17)7-11/h3-7,18H,17H2,1-2H3. The summed E-state index contributed by atoms with van der Waals surface area (Å²) in [5, 5.41) is 0. The summed E-state index contributed by atoms with van der Waals surface area (Å²) in [6.45, 7) is 2.94. The second kappa shape index (κ2) is 5.33. The van der Waals surface area contributed by atoms with Gasteiger partial charge in [0, 0.05) is 5.69 Å². The molecule has 3 N–H and O–H groups in total. The molecular weight excluding hydrogens is 298 g/mol. The zero-order valence-electron chi connectivity index (χ0n) is 11.4. The SMILES string of the molecule is Cc1cc(NS(=O)(=O)c2cc(C)c(F)c(N)c2)ccc1F. The maximum absolute atomic E-state index is 13.4. The summed E-state index contributed by atoms with van der Waals surface area (Å²) in [5.74, 6) is -1.08. The lowest BCUT2D eigenvalue weighted by molar-refractivity contribution is 0.598. The molecule has 0 aromatic heterocycles. The largest absolute Gasteiger partial charge is 0.396 e. The second-order valence-electron chi connectivity index (χ2n) is 4.71. The van der Waals surface area contributed by atoms with Crippen LogP contribution in [0.4, 0.5) is 20.2 Å². The van der Waals surface area contributed by atoms with E-state index in [1.807, 2.05) is 0 Å². The molecule has 0 atom stereocenters. The van der Waals surface area contributed by atoms with E-state index in [0.717, 1.165) is 12.1 Å². The predicted octanol–water partition coefficient (Wildman–Crippen LogP) is 2.96. The maximum Gasteiger partial charge on any atom is 0.261 e. The zero-order chi connectivity index (χ0) is 15.8. The number of rotatable bonds is 3. The Morgan fingerprint density at radius 1 is 1.05 bits per heavy atom. The second-order valence-corrected chi connectivity index (χ2v) is 6.40. The fraction of sp³-hybridized carbons (Fsp3) is 0.143. The Bertz CT molecular complexity index is 782.